The highest BCUT2D eigenvalue weighted by atomic mass is 35.5. The minimum absolute atomic E-state index is 0.121. The molecule has 12 heteroatoms. The summed E-state index contributed by atoms with van der Waals surface area (Å²) in [6.45, 7) is 1.96. The van der Waals surface area contributed by atoms with Gasteiger partial charge in [-0.2, -0.15) is 13.2 Å². The van der Waals surface area contributed by atoms with Crippen molar-refractivity contribution in [3.8, 4) is 5.75 Å². The quantitative estimate of drug-likeness (QED) is 0.535. The number of halogens is 5. The molecule has 0 bridgehead atoms. The second-order valence-corrected chi connectivity index (χ2v) is 8.44. The van der Waals surface area contributed by atoms with E-state index in [4.69, 9.17) is 27.9 Å². The van der Waals surface area contributed by atoms with Crippen molar-refractivity contribution in [1.29, 1.82) is 0 Å². The molecule has 0 fully saturated rings. The fourth-order valence-electron chi connectivity index (χ4n) is 3.73. The zero-order valence-corrected chi connectivity index (χ0v) is 19.5. The molecule has 1 aromatic heterocycles. The Balaban J connectivity index is 1.79. The molecule has 1 N–H and O–H groups in total. The van der Waals surface area contributed by atoms with Gasteiger partial charge in [0.15, 0.2) is 0 Å². The van der Waals surface area contributed by atoms with Crippen LogP contribution in [0, 0.1) is 0 Å². The summed E-state index contributed by atoms with van der Waals surface area (Å²) in [6, 6.07) is 10.0. The highest BCUT2D eigenvalue weighted by Gasteiger charge is 2.38. The summed E-state index contributed by atoms with van der Waals surface area (Å²) < 4.78 is 48.2. The molecule has 3 aromatic rings. The van der Waals surface area contributed by atoms with E-state index in [1.165, 1.54) is 17.7 Å². The van der Waals surface area contributed by atoms with E-state index in [0.717, 1.165) is 22.3 Å². The Labute approximate surface area is 201 Å². The number of hydrogen-bond donors (Lipinski definition) is 1. The molecule has 0 radical (unpaired) electrons. The van der Waals surface area contributed by atoms with Gasteiger partial charge < -0.3 is 15.0 Å². The molecule has 0 aliphatic carbocycles. The van der Waals surface area contributed by atoms with Gasteiger partial charge in [0.25, 0.3) is 11.9 Å². The topological polar surface area (TPSA) is 68.5 Å². The van der Waals surface area contributed by atoms with Gasteiger partial charge in [0.1, 0.15) is 17.3 Å². The zero-order chi connectivity index (χ0) is 24.8. The average Bonchev–Trinajstić information content (AvgIpc) is 3.13. The maximum Gasteiger partial charge on any atom is 0.417 e. The first-order valence-electron chi connectivity index (χ1n) is 10.2. The predicted octanol–water partition coefficient (Wildman–Crippen LogP) is 4.69. The Morgan fingerprint density at radius 2 is 1.76 bits per heavy atom. The third-order valence-electron chi connectivity index (χ3n) is 5.43. The van der Waals surface area contributed by atoms with E-state index in [1.54, 1.807) is 36.1 Å². The van der Waals surface area contributed by atoms with Crippen molar-refractivity contribution in [2.24, 2.45) is 7.05 Å². The number of aromatic nitrogens is 2. The number of fused-ring (bicyclic) bond motifs is 1. The fourth-order valence-corrected chi connectivity index (χ4v) is 4.08. The molecule has 1 atom stereocenters. The molecule has 1 aliphatic rings. The molecule has 7 nitrogen and oxygen atoms in total. The first-order valence-corrected chi connectivity index (χ1v) is 10.9. The van der Waals surface area contributed by atoms with Gasteiger partial charge in [-0.25, -0.2) is 4.79 Å². The summed E-state index contributed by atoms with van der Waals surface area (Å²) in [4.78, 5) is 27.3. The van der Waals surface area contributed by atoms with Crippen LogP contribution in [-0.2, 0) is 26.3 Å². The smallest absolute Gasteiger partial charge is 0.417 e. The minimum atomic E-state index is -4.68. The Bertz CT molecular complexity index is 1350. The molecular formula is C22H19Cl2F3N4O3. The maximum absolute atomic E-state index is 13.3. The lowest BCUT2D eigenvalue weighted by atomic mass is 10.2. The summed E-state index contributed by atoms with van der Waals surface area (Å²) in [6.07, 6.45) is -5.76. The van der Waals surface area contributed by atoms with Gasteiger partial charge in [-0.1, -0.05) is 35.3 Å². The molecule has 2 heterocycles. The van der Waals surface area contributed by atoms with Crippen LogP contribution in [0.5, 0.6) is 5.75 Å². The van der Waals surface area contributed by atoms with Crippen LogP contribution in [0.2, 0.25) is 10.0 Å². The van der Waals surface area contributed by atoms with Gasteiger partial charge in [-0.05, 0) is 42.8 Å². The molecular weight excluding hydrogens is 496 g/mol. The molecule has 0 spiro atoms. The van der Waals surface area contributed by atoms with Crippen LogP contribution in [-0.4, -0.2) is 15.5 Å². The number of nitrogens with zero attached hydrogens (tertiary/aromatic N) is 3. The summed E-state index contributed by atoms with van der Waals surface area (Å²) >= 11 is 11.7. The van der Waals surface area contributed by atoms with Crippen molar-refractivity contribution in [2.45, 2.75) is 32.5 Å². The maximum atomic E-state index is 13.3. The first kappa shape index (κ1) is 24.0. The van der Waals surface area contributed by atoms with Crippen molar-refractivity contribution in [3.05, 3.63) is 84.5 Å². The number of rotatable bonds is 5. The largest absolute Gasteiger partial charge is 0.452 e. The first-order chi connectivity index (χ1) is 16.0. The average molecular weight is 515 g/mol. The highest BCUT2D eigenvalue weighted by molar-refractivity contribution is 6.31. The van der Waals surface area contributed by atoms with Crippen LogP contribution in [0.4, 0.5) is 24.7 Å². The molecule has 0 saturated carbocycles. The zero-order valence-electron chi connectivity index (χ0n) is 18.0. The van der Waals surface area contributed by atoms with Gasteiger partial charge in [0.05, 0.1) is 10.6 Å². The lowest BCUT2D eigenvalue weighted by molar-refractivity contribution is -0.137. The number of anilines is 2. The second-order valence-electron chi connectivity index (χ2n) is 7.60. The molecule has 2 aromatic carbocycles. The molecule has 1 aliphatic heterocycles. The summed E-state index contributed by atoms with van der Waals surface area (Å²) in [7, 11) is 1.49. The van der Waals surface area contributed by atoms with Crippen molar-refractivity contribution in [3.63, 3.8) is 0 Å². The molecule has 0 saturated heterocycles. The van der Waals surface area contributed by atoms with Crippen LogP contribution < -0.4 is 26.2 Å². The van der Waals surface area contributed by atoms with E-state index >= 15 is 0 Å². The number of benzene rings is 2. The van der Waals surface area contributed by atoms with Gasteiger partial charge >= 0.3 is 11.9 Å². The van der Waals surface area contributed by atoms with E-state index in [-0.39, 0.29) is 30.3 Å². The van der Waals surface area contributed by atoms with E-state index in [1.807, 2.05) is 0 Å². The Hall–Kier alpha value is -3.11. The Morgan fingerprint density at radius 1 is 1.09 bits per heavy atom. The van der Waals surface area contributed by atoms with Crippen LogP contribution in [0.1, 0.15) is 18.1 Å². The third kappa shape index (κ3) is 4.35. The van der Waals surface area contributed by atoms with E-state index in [2.05, 4.69) is 5.32 Å². The normalized spacial score (nSPS) is 15.3. The van der Waals surface area contributed by atoms with Crippen LogP contribution >= 0.6 is 23.2 Å². The van der Waals surface area contributed by atoms with Crippen LogP contribution in [0.15, 0.2) is 52.1 Å². The standard InChI is InChI=1S/C22H19Cl2F3N4O3/c1-3-30-19(32)17-18(29(2)21(30)33)28-20(31(17)11-12-4-6-13(23)7-5-12)34-14-8-9-16(24)15(10-14)22(25,26)27/h4-10,20,28H,3,11H2,1-2H3. The summed E-state index contributed by atoms with van der Waals surface area (Å²) in [5, 5.41) is 3.01. The molecule has 34 heavy (non-hydrogen) atoms. The number of hydrogen-bond acceptors (Lipinski definition) is 5. The molecule has 1 unspecified atom stereocenters. The number of ether oxygens (including phenoxy) is 1. The molecule has 180 valence electrons. The predicted molar refractivity (Wildman–Crippen MR) is 124 cm³/mol. The fraction of sp³-hybridized carbons (Fsp3) is 0.273. The van der Waals surface area contributed by atoms with Gasteiger partial charge in [-0.3, -0.25) is 13.9 Å². The summed E-state index contributed by atoms with van der Waals surface area (Å²) in [5.41, 5.74) is -1.20. The van der Waals surface area contributed by atoms with Crippen molar-refractivity contribution < 1.29 is 17.9 Å². The Kier molecular flexibility index (Phi) is 6.30. The second kappa shape index (κ2) is 8.92. The molecule has 4 rings (SSSR count). The lowest BCUT2D eigenvalue weighted by Crippen LogP contribution is -2.43. The minimum Gasteiger partial charge on any atom is -0.452 e. The van der Waals surface area contributed by atoms with E-state index in [0.29, 0.717) is 5.02 Å². The number of nitrogens with one attached hydrogen (secondary N) is 1. The Morgan fingerprint density at radius 3 is 2.38 bits per heavy atom. The van der Waals surface area contributed by atoms with Gasteiger partial charge in [-0.15, -0.1) is 0 Å². The van der Waals surface area contributed by atoms with Crippen LogP contribution in [0.25, 0.3) is 0 Å². The van der Waals surface area contributed by atoms with Crippen molar-refractivity contribution >= 4 is 34.7 Å². The van der Waals surface area contributed by atoms with E-state index < -0.39 is 34.4 Å². The highest BCUT2D eigenvalue weighted by Crippen LogP contribution is 2.38. The SMILES string of the molecule is CCn1c(=O)c2c(n(C)c1=O)NC(Oc1ccc(Cl)c(C(F)(F)F)c1)N2Cc1ccc(Cl)cc1. The van der Waals surface area contributed by atoms with Crippen LogP contribution in [0.3, 0.4) is 0 Å². The third-order valence-corrected chi connectivity index (χ3v) is 6.01. The molecule has 0 amide bonds. The van der Waals surface area contributed by atoms with E-state index in [9.17, 15) is 22.8 Å². The lowest BCUT2D eigenvalue weighted by Gasteiger charge is -2.27. The summed E-state index contributed by atoms with van der Waals surface area (Å²) in [5.74, 6) is 0.0765. The van der Waals surface area contributed by atoms with Crippen molar-refractivity contribution in [2.75, 3.05) is 10.2 Å². The monoisotopic (exact) mass is 514 g/mol. The van der Waals surface area contributed by atoms with Crippen molar-refractivity contribution in [1.82, 2.24) is 9.13 Å². The van der Waals surface area contributed by atoms with Gasteiger partial charge in [0, 0.05) is 25.2 Å². The number of alkyl halides is 3. The van der Waals surface area contributed by atoms with Gasteiger partial charge in [0.2, 0.25) is 0 Å².